The molecule has 0 aromatic heterocycles. The number of fused-ring (bicyclic) bond motifs is 1. The Kier molecular flexibility index (Phi) is 6.25. The number of carbonyl (C=O) groups excluding carboxylic acids is 2. The van der Waals surface area contributed by atoms with Gasteiger partial charge >= 0.3 is 0 Å². The van der Waals surface area contributed by atoms with E-state index in [-0.39, 0.29) is 24.6 Å². The first-order chi connectivity index (χ1) is 16.2. The summed E-state index contributed by atoms with van der Waals surface area (Å²) in [5, 5.41) is 3.35. The third kappa shape index (κ3) is 4.31. The number of para-hydroxylation sites is 1. The molecular formula is C27H32N2O4. The molecule has 0 atom stereocenters. The van der Waals surface area contributed by atoms with Crippen molar-refractivity contribution < 1.29 is 19.1 Å². The van der Waals surface area contributed by atoms with Crippen LogP contribution in [0.4, 0.5) is 5.69 Å². The molecule has 0 unspecified atom stereocenters. The topological polar surface area (TPSA) is 67.9 Å². The standard InChI is InChI=1S/C27H32N2O4/c30-25(20-14-15-23-24(18-20)33-19-32-23)29(22-12-6-2-7-13-22)27(16-8-3-9-17-27)26(31)28-21-10-4-1-5-11-21/h2,6-7,12-15,18,21H,1,3-5,8-11,16-17,19H2,(H,28,31). The molecule has 1 aliphatic heterocycles. The Bertz CT molecular complexity index is 994. The zero-order chi connectivity index (χ0) is 22.7. The zero-order valence-electron chi connectivity index (χ0n) is 19.1. The summed E-state index contributed by atoms with van der Waals surface area (Å²) in [5.41, 5.74) is 0.351. The maximum Gasteiger partial charge on any atom is 0.259 e. The zero-order valence-corrected chi connectivity index (χ0v) is 19.1. The molecule has 6 nitrogen and oxygen atoms in total. The smallest absolute Gasteiger partial charge is 0.259 e. The van der Waals surface area contributed by atoms with Gasteiger partial charge in [-0.05, 0) is 56.0 Å². The monoisotopic (exact) mass is 448 g/mol. The molecule has 5 rings (SSSR count). The van der Waals surface area contributed by atoms with Crippen molar-refractivity contribution in [1.29, 1.82) is 0 Å². The van der Waals surface area contributed by atoms with Crippen molar-refractivity contribution in [2.24, 2.45) is 0 Å². The second-order valence-corrected chi connectivity index (χ2v) is 9.44. The average Bonchev–Trinajstić information content (AvgIpc) is 3.34. The number of rotatable bonds is 5. The summed E-state index contributed by atoms with van der Waals surface area (Å²) in [4.78, 5) is 29.8. The minimum Gasteiger partial charge on any atom is -0.454 e. The molecule has 174 valence electrons. The van der Waals surface area contributed by atoms with Gasteiger partial charge in [-0.3, -0.25) is 14.5 Å². The molecule has 6 heteroatoms. The molecule has 2 aromatic rings. The van der Waals surface area contributed by atoms with Gasteiger partial charge in [0.15, 0.2) is 11.5 Å². The van der Waals surface area contributed by atoms with Crippen molar-refractivity contribution in [3.8, 4) is 11.5 Å². The van der Waals surface area contributed by atoms with Gasteiger partial charge in [0.05, 0.1) is 0 Å². The summed E-state index contributed by atoms with van der Waals surface area (Å²) in [7, 11) is 0. The van der Waals surface area contributed by atoms with Crippen molar-refractivity contribution in [3.05, 3.63) is 54.1 Å². The number of benzene rings is 2. The fourth-order valence-electron chi connectivity index (χ4n) is 5.55. The van der Waals surface area contributed by atoms with E-state index in [2.05, 4.69) is 5.32 Å². The van der Waals surface area contributed by atoms with E-state index in [9.17, 15) is 9.59 Å². The summed E-state index contributed by atoms with van der Waals surface area (Å²) < 4.78 is 10.9. The lowest BCUT2D eigenvalue weighted by Gasteiger charge is -2.46. The average molecular weight is 449 g/mol. The van der Waals surface area contributed by atoms with Gasteiger partial charge in [0, 0.05) is 17.3 Å². The van der Waals surface area contributed by atoms with E-state index in [1.807, 2.05) is 30.3 Å². The van der Waals surface area contributed by atoms with E-state index in [0.29, 0.717) is 29.9 Å². The maximum absolute atomic E-state index is 14.1. The van der Waals surface area contributed by atoms with E-state index in [0.717, 1.165) is 50.6 Å². The first-order valence-corrected chi connectivity index (χ1v) is 12.3. The van der Waals surface area contributed by atoms with Crippen LogP contribution < -0.4 is 19.7 Å². The number of ether oxygens (including phenoxy) is 2. The molecule has 0 radical (unpaired) electrons. The van der Waals surface area contributed by atoms with E-state index in [4.69, 9.17) is 9.47 Å². The number of nitrogens with zero attached hydrogens (tertiary/aromatic N) is 1. The highest BCUT2D eigenvalue weighted by atomic mass is 16.7. The first kappa shape index (κ1) is 21.8. The second kappa shape index (κ2) is 9.46. The predicted molar refractivity (Wildman–Crippen MR) is 127 cm³/mol. The van der Waals surface area contributed by atoms with E-state index < -0.39 is 5.54 Å². The van der Waals surface area contributed by atoms with Gasteiger partial charge in [-0.2, -0.15) is 0 Å². The van der Waals surface area contributed by atoms with Crippen molar-refractivity contribution in [3.63, 3.8) is 0 Å². The first-order valence-electron chi connectivity index (χ1n) is 12.3. The quantitative estimate of drug-likeness (QED) is 0.681. The molecule has 2 aliphatic carbocycles. The number of anilines is 1. The molecule has 2 amide bonds. The van der Waals surface area contributed by atoms with Crippen LogP contribution in [0.2, 0.25) is 0 Å². The van der Waals surface area contributed by atoms with Crippen molar-refractivity contribution in [2.45, 2.75) is 75.8 Å². The van der Waals surface area contributed by atoms with Crippen LogP contribution in [0.3, 0.4) is 0 Å². The molecule has 3 aliphatic rings. The van der Waals surface area contributed by atoms with E-state index in [1.54, 1.807) is 23.1 Å². The van der Waals surface area contributed by atoms with Crippen LogP contribution in [0.15, 0.2) is 48.5 Å². The maximum atomic E-state index is 14.1. The van der Waals surface area contributed by atoms with Gasteiger partial charge in [-0.25, -0.2) is 0 Å². The normalized spacial score (nSPS) is 19.6. The summed E-state index contributed by atoms with van der Waals surface area (Å²) in [5.74, 6) is 1.02. The fraction of sp³-hybridized carbons (Fsp3) is 0.481. The van der Waals surface area contributed by atoms with Crippen LogP contribution in [0.5, 0.6) is 11.5 Å². The minimum absolute atomic E-state index is 0.00736. The molecule has 0 bridgehead atoms. The molecule has 2 saturated carbocycles. The molecule has 2 fully saturated rings. The van der Waals surface area contributed by atoms with Crippen molar-refractivity contribution in [2.75, 3.05) is 11.7 Å². The molecule has 1 heterocycles. The molecule has 1 N–H and O–H groups in total. The largest absolute Gasteiger partial charge is 0.454 e. The lowest BCUT2D eigenvalue weighted by Crippen LogP contribution is -2.63. The lowest BCUT2D eigenvalue weighted by molar-refractivity contribution is -0.128. The van der Waals surface area contributed by atoms with Gasteiger partial charge in [0.25, 0.3) is 5.91 Å². The third-order valence-corrected chi connectivity index (χ3v) is 7.31. The van der Waals surface area contributed by atoms with E-state index >= 15 is 0 Å². The second-order valence-electron chi connectivity index (χ2n) is 9.44. The Balaban J connectivity index is 1.54. The van der Waals surface area contributed by atoms with Crippen molar-refractivity contribution in [1.82, 2.24) is 5.32 Å². The Labute approximate surface area is 195 Å². The van der Waals surface area contributed by atoms with Crippen molar-refractivity contribution >= 4 is 17.5 Å². The number of hydrogen-bond acceptors (Lipinski definition) is 4. The van der Waals surface area contributed by atoms with Gasteiger partial charge in [-0.1, -0.05) is 56.7 Å². The molecule has 2 aromatic carbocycles. The summed E-state index contributed by atoms with van der Waals surface area (Å²) in [6.45, 7) is 0.156. The van der Waals surface area contributed by atoms with Gasteiger partial charge < -0.3 is 14.8 Å². The van der Waals surface area contributed by atoms with Crippen LogP contribution in [0.25, 0.3) is 0 Å². The van der Waals surface area contributed by atoms with Crippen LogP contribution >= 0.6 is 0 Å². The molecular weight excluding hydrogens is 416 g/mol. The number of hydrogen-bond donors (Lipinski definition) is 1. The molecule has 33 heavy (non-hydrogen) atoms. The highest BCUT2D eigenvalue weighted by molar-refractivity contribution is 6.12. The highest BCUT2D eigenvalue weighted by Gasteiger charge is 2.48. The summed E-state index contributed by atoms with van der Waals surface area (Å²) in [6.07, 6.45) is 9.83. The van der Waals surface area contributed by atoms with Crippen LogP contribution in [-0.2, 0) is 4.79 Å². The van der Waals surface area contributed by atoms with Crippen LogP contribution in [-0.4, -0.2) is 30.2 Å². The Morgan fingerprint density at radius 1 is 0.848 bits per heavy atom. The summed E-state index contributed by atoms with van der Waals surface area (Å²) in [6, 6.07) is 15.1. The van der Waals surface area contributed by atoms with Gasteiger partial charge in [0.1, 0.15) is 5.54 Å². The van der Waals surface area contributed by atoms with E-state index in [1.165, 1.54) is 6.42 Å². The number of carbonyl (C=O) groups is 2. The SMILES string of the molecule is O=C(c1ccc2c(c1)OCO2)N(c1ccccc1)C1(C(=O)NC2CCCCC2)CCCCC1. The number of nitrogens with one attached hydrogen (secondary N) is 1. The van der Waals surface area contributed by atoms with Crippen LogP contribution in [0, 0.1) is 0 Å². The molecule has 0 spiro atoms. The van der Waals surface area contributed by atoms with Gasteiger partial charge in [-0.15, -0.1) is 0 Å². The minimum atomic E-state index is -0.898. The number of amides is 2. The summed E-state index contributed by atoms with van der Waals surface area (Å²) >= 11 is 0. The highest BCUT2D eigenvalue weighted by Crippen LogP contribution is 2.40. The lowest BCUT2D eigenvalue weighted by atomic mass is 9.78. The molecule has 0 saturated heterocycles. The van der Waals surface area contributed by atoms with Gasteiger partial charge in [0.2, 0.25) is 12.7 Å². The Morgan fingerprint density at radius 2 is 1.55 bits per heavy atom. The third-order valence-electron chi connectivity index (χ3n) is 7.31. The fourth-order valence-corrected chi connectivity index (χ4v) is 5.55. The Morgan fingerprint density at radius 3 is 2.30 bits per heavy atom. The predicted octanol–water partition coefficient (Wildman–Crippen LogP) is 5.21. The Hall–Kier alpha value is -3.02. The van der Waals surface area contributed by atoms with Crippen LogP contribution in [0.1, 0.15) is 74.6 Å².